The molecular weight excluding hydrogens is 279 g/mol. The summed E-state index contributed by atoms with van der Waals surface area (Å²) in [7, 11) is 0. The molecule has 1 aromatic carbocycles. The monoisotopic (exact) mass is 301 g/mol. The van der Waals surface area contributed by atoms with Gasteiger partial charge in [-0.3, -0.25) is 0 Å². The van der Waals surface area contributed by atoms with Gasteiger partial charge in [-0.15, -0.1) is 13.2 Å². The summed E-state index contributed by atoms with van der Waals surface area (Å²) >= 11 is 0. The van der Waals surface area contributed by atoms with Crippen LogP contribution in [0.1, 0.15) is 38.2 Å². The summed E-state index contributed by atoms with van der Waals surface area (Å²) < 4.78 is 41.0. The summed E-state index contributed by atoms with van der Waals surface area (Å²) in [5.74, 6) is 1.33. The Bertz CT molecular complexity index is 439. The van der Waals surface area contributed by atoms with Crippen molar-refractivity contribution in [3.63, 3.8) is 0 Å². The Morgan fingerprint density at radius 1 is 1.14 bits per heavy atom. The smallest absolute Gasteiger partial charge is 0.405 e. The van der Waals surface area contributed by atoms with Crippen LogP contribution in [0.25, 0.3) is 0 Å². The zero-order valence-corrected chi connectivity index (χ0v) is 12.2. The Hall–Kier alpha value is -1.23. The molecule has 0 bridgehead atoms. The number of ether oxygens (including phenoxy) is 1. The second-order valence-electron chi connectivity index (χ2n) is 5.91. The molecule has 1 aliphatic carbocycles. The fraction of sp³-hybridized carbons (Fsp3) is 0.625. The Balaban J connectivity index is 1.83. The number of hydrogen-bond acceptors (Lipinski definition) is 2. The van der Waals surface area contributed by atoms with Gasteiger partial charge in [-0.25, -0.2) is 0 Å². The molecule has 21 heavy (non-hydrogen) atoms. The zero-order chi connectivity index (χ0) is 15.3. The van der Waals surface area contributed by atoms with Crippen molar-refractivity contribution in [3.8, 4) is 5.75 Å². The number of halogens is 3. The third-order valence-corrected chi connectivity index (χ3v) is 4.08. The number of nitrogens with one attached hydrogen (secondary N) is 1. The highest BCUT2D eigenvalue weighted by molar-refractivity contribution is 5.33. The highest BCUT2D eigenvalue weighted by atomic mass is 19.4. The van der Waals surface area contributed by atoms with Crippen LogP contribution < -0.4 is 10.1 Å². The molecule has 1 N–H and O–H groups in total. The largest absolute Gasteiger partial charge is 0.573 e. The molecule has 0 unspecified atom stereocenters. The van der Waals surface area contributed by atoms with Crippen LogP contribution in [-0.2, 0) is 6.54 Å². The summed E-state index contributed by atoms with van der Waals surface area (Å²) in [6.45, 7) is 3.53. The van der Waals surface area contributed by atoms with Crippen molar-refractivity contribution in [2.24, 2.45) is 11.8 Å². The van der Waals surface area contributed by atoms with Crippen molar-refractivity contribution >= 4 is 0 Å². The van der Waals surface area contributed by atoms with Gasteiger partial charge in [-0.05, 0) is 37.3 Å². The number of rotatable bonds is 5. The highest BCUT2D eigenvalue weighted by Crippen LogP contribution is 2.28. The van der Waals surface area contributed by atoms with E-state index >= 15 is 0 Å². The lowest BCUT2D eigenvalue weighted by Gasteiger charge is -2.26. The van der Waals surface area contributed by atoms with Crippen molar-refractivity contribution in [1.82, 2.24) is 5.32 Å². The van der Waals surface area contributed by atoms with E-state index < -0.39 is 6.36 Å². The molecule has 5 heteroatoms. The van der Waals surface area contributed by atoms with Crippen LogP contribution in [0.2, 0.25) is 0 Å². The van der Waals surface area contributed by atoms with Gasteiger partial charge < -0.3 is 10.1 Å². The van der Waals surface area contributed by atoms with Crippen molar-refractivity contribution in [2.45, 2.75) is 45.5 Å². The van der Waals surface area contributed by atoms with E-state index in [1.807, 2.05) is 0 Å². The molecule has 0 amide bonds. The first-order valence-electron chi connectivity index (χ1n) is 7.48. The van der Waals surface area contributed by atoms with Crippen LogP contribution in [0, 0.1) is 11.8 Å². The normalized spacial score (nSPS) is 23.0. The fourth-order valence-electron chi connectivity index (χ4n) is 2.82. The second-order valence-corrected chi connectivity index (χ2v) is 5.91. The predicted molar refractivity (Wildman–Crippen MR) is 76.0 cm³/mol. The summed E-state index contributed by atoms with van der Waals surface area (Å²) in [5.41, 5.74) is 0.541. The first kappa shape index (κ1) is 16.1. The molecule has 118 valence electrons. The van der Waals surface area contributed by atoms with E-state index in [2.05, 4.69) is 17.0 Å². The van der Waals surface area contributed by atoms with Gasteiger partial charge in [0.1, 0.15) is 5.75 Å². The van der Waals surface area contributed by atoms with E-state index in [0.29, 0.717) is 18.0 Å². The van der Waals surface area contributed by atoms with Gasteiger partial charge in [-0.1, -0.05) is 38.0 Å². The molecule has 0 spiro atoms. The third kappa shape index (κ3) is 5.58. The van der Waals surface area contributed by atoms with Crippen LogP contribution in [0.15, 0.2) is 24.3 Å². The van der Waals surface area contributed by atoms with Gasteiger partial charge >= 0.3 is 6.36 Å². The van der Waals surface area contributed by atoms with Crippen molar-refractivity contribution < 1.29 is 17.9 Å². The Labute approximate surface area is 123 Å². The minimum absolute atomic E-state index is 0.116. The summed E-state index contributed by atoms with van der Waals surface area (Å²) in [4.78, 5) is 0. The zero-order valence-electron chi connectivity index (χ0n) is 12.2. The molecule has 0 aliphatic heterocycles. The van der Waals surface area contributed by atoms with E-state index in [0.717, 1.165) is 12.5 Å². The minimum Gasteiger partial charge on any atom is -0.405 e. The molecular formula is C16H22F3NO. The van der Waals surface area contributed by atoms with E-state index in [1.165, 1.54) is 31.7 Å². The molecule has 1 aliphatic rings. The van der Waals surface area contributed by atoms with Gasteiger partial charge in [0.25, 0.3) is 0 Å². The van der Waals surface area contributed by atoms with Gasteiger partial charge in [0.05, 0.1) is 0 Å². The lowest BCUT2D eigenvalue weighted by molar-refractivity contribution is -0.274. The number of hydrogen-bond donors (Lipinski definition) is 1. The first-order chi connectivity index (χ1) is 9.94. The van der Waals surface area contributed by atoms with E-state index in [4.69, 9.17) is 0 Å². The summed E-state index contributed by atoms with van der Waals surface area (Å²) in [6.07, 6.45) is 0.263. The molecule has 1 fully saturated rings. The topological polar surface area (TPSA) is 21.3 Å². The molecule has 2 nitrogen and oxygen atoms in total. The Kier molecular flexibility index (Phi) is 5.51. The lowest BCUT2D eigenvalue weighted by Crippen LogP contribution is -2.26. The maximum Gasteiger partial charge on any atom is 0.573 e. The highest BCUT2D eigenvalue weighted by Gasteiger charge is 2.31. The quantitative estimate of drug-likeness (QED) is 0.864. The van der Waals surface area contributed by atoms with Gasteiger partial charge in [0, 0.05) is 12.1 Å². The van der Waals surface area contributed by atoms with Gasteiger partial charge in [-0.2, -0.15) is 0 Å². The average molecular weight is 301 g/mol. The number of alkyl halides is 3. The van der Waals surface area contributed by atoms with E-state index in [1.54, 1.807) is 18.2 Å². The van der Waals surface area contributed by atoms with Crippen molar-refractivity contribution in [1.29, 1.82) is 0 Å². The maximum atomic E-state index is 12.3. The standard InChI is InChI=1S/C16H22F3NO/c1-12-6-8-13(9-7-12)10-20-11-14-4-2-3-5-15(14)21-16(17,18)19/h2-5,12-13,20H,6-11H2,1H3. The SMILES string of the molecule is CC1CCC(CNCc2ccccc2OC(F)(F)F)CC1. The molecule has 2 rings (SSSR count). The maximum absolute atomic E-state index is 12.3. The van der Waals surface area contributed by atoms with Crippen LogP contribution in [-0.4, -0.2) is 12.9 Å². The van der Waals surface area contributed by atoms with Crippen LogP contribution in [0.5, 0.6) is 5.75 Å². The van der Waals surface area contributed by atoms with Crippen LogP contribution in [0.4, 0.5) is 13.2 Å². The van der Waals surface area contributed by atoms with Crippen LogP contribution >= 0.6 is 0 Å². The molecule has 0 heterocycles. The van der Waals surface area contributed by atoms with Gasteiger partial charge in [0.2, 0.25) is 0 Å². The predicted octanol–water partition coefficient (Wildman–Crippen LogP) is 4.50. The molecule has 0 aromatic heterocycles. The summed E-state index contributed by atoms with van der Waals surface area (Å²) in [5, 5.41) is 3.27. The molecule has 0 radical (unpaired) electrons. The van der Waals surface area contributed by atoms with Crippen molar-refractivity contribution in [2.75, 3.05) is 6.54 Å². The first-order valence-corrected chi connectivity index (χ1v) is 7.48. The van der Waals surface area contributed by atoms with E-state index in [9.17, 15) is 13.2 Å². The number of para-hydroxylation sites is 1. The lowest BCUT2D eigenvalue weighted by atomic mass is 9.83. The minimum atomic E-state index is -4.64. The van der Waals surface area contributed by atoms with E-state index in [-0.39, 0.29) is 5.75 Å². The molecule has 0 atom stereocenters. The average Bonchev–Trinajstić information content (AvgIpc) is 2.41. The Morgan fingerprint density at radius 3 is 2.48 bits per heavy atom. The third-order valence-electron chi connectivity index (χ3n) is 4.08. The second kappa shape index (κ2) is 7.16. The summed E-state index contributed by atoms with van der Waals surface area (Å²) in [6, 6.07) is 6.29. The van der Waals surface area contributed by atoms with Gasteiger partial charge in [0.15, 0.2) is 0 Å². The van der Waals surface area contributed by atoms with Crippen LogP contribution in [0.3, 0.4) is 0 Å². The Morgan fingerprint density at radius 2 is 1.81 bits per heavy atom. The molecule has 0 saturated heterocycles. The molecule has 1 aromatic rings. The number of benzene rings is 1. The molecule has 1 saturated carbocycles. The fourth-order valence-corrected chi connectivity index (χ4v) is 2.82. The van der Waals surface area contributed by atoms with Crippen molar-refractivity contribution in [3.05, 3.63) is 29.8 Å².